The van der Waals surface area contributed by atoms with E-state index in [4.69, 9.17) is 4.74 Å². The number of hydrogen-bond acceptors (Lipinski definition) is 3. The van der Waals surface area contributed by atoms with Crippen LogP contribution in [-0.2, 0) is 17.8 Å². The first kappa shape index (κ1) is 12.6. The Kier molecular flexibility index (Phi) is 4.18. The van der Waals surface area contributed by atoms with Gasteiger partial charge in [0.1, 0.15) is 0 Å². The van der Waals surface area contributed by atoms with Gasteiger partial charge in [-0.25, -0.2) is 4.98 Å². The molecule has 1 aliphatic heterocycles. The van der Waals surface area contributed by atoms with Crippen molar-refractivity contribution in [1.82, 2.24) is 14.9 Å². The van der Waals surface area contributed by atoms with Crippen LogP contribution in [0.4, 0.5) is 0 Å². The Balaban J connectivity index is 1.81. The van der Waals surface area contributed by atoms with Gasteiger partial charge in [0.25, 0.3) is 0 Å². The fourth-order valence-corrected chi connectivity index (χ4v) is 2.16. The highest BCUT2D eigenvalue weighted by Crippen LogP contribution is 2.20. The lowest BCUT2D eigenvalue weighted by molar-refractivity contribution is 0.0458. The summed E-state index contributed by atoms with van der Waals surface area (Å²) in [7, 11) is 0. The highest BCUT2D eigenvalue weighted by Gasteiger charge is 2.21. The molecule has 1 aromatic rings. The van der Waals surface area contributed by atoms with Crippen molar-refractivity contribution in [3.63, 3.8) is 0 Å². The molecule has 4 heteroatoms. The molecule has 0 saturated carbocycles. The minimum atomic E-state index is 0.366. The fraction of sp³-hybridized carbons (Fsp3) is 0.769. The lowest BCUT2D eigenvalue weighted by Crippen LogP contribution is -2.22. The molecule has 2 atom stereocenters. The summed E-state index contributed by atoms with van der Waals surface area (Å²) in [6, 6.07) is 0.499. The first-order chi connectivity index (χ1) is 8.13. The van der Waals surface area contributed by atoms with Crippen LogP contribution in [-0.4, -0.2) is 27.8 Å². The topological polar surface area (TPSA) is 39.1 Å². The Labute approximate surface area is 103 Å². The van der Waals surface area contributed by atoms with Crippen LogP contribution in [0, 0.1) is 0 Å². The van der Waals surface area contributed by atoms with Crippen molar-refractivity contribution in [3.05, 3.63) is 18.2 Å². The molecule has 0 aliphatic carbocycles. The molecule has 17 heavy (non-hydrogen) atoms. The Morgan fingerprint density at radius 2 is 2.35 bits per heavy atom. The van der Waals surface area contributed by atoms with Crippen LogP contribution in [0.1, 0.15) is 39.3 Å². The number of nitrogens with one attached hydrogen (secondary N) is 1. The van der Waals surface area contributed by atoms with Gasteiger partial charge in [0, 0.05) is 25.3 Å². The van der Waals surface area contributed by atoms with Gasteiger partial charge in [-0.05, 0) is 19.8 Å². The molecule has 0 amide bonds. The summed E-state index contributed by atoms with van der Waals surface area (Å²) < 4.78 is 7.95. The van der Waals surface area contributed by atoms with Crippen molar-refractivity contribution in [2.75, 3.05) is 0 Å². The Hall–Kier alpha value is -0.870. The highest BCUT2D eigenvalue weighted by molar-refractivity contribution is 4.96. The highest BCUT2D eigenvalue weighted by atomic mass is 16.5. The Morgan fingerprint density at radius 1 is 1.53 bits per heavy atom. The zero-order valence-corrected chi connectivity index (χ0v) is 11.0. The number of rotatable bonds is 5. The van der Waals surface area contributed by atoms with Gasteiger partial charge >= 0.3 is 0 Å². The van der Waals surface area contributed by atoms with E-state index in [1.165, 1.54) is 12.8 Å². The molecule has 1 aromatic heterocycles. The lowest BCUT2D eigenvalue weighted by Gasteiger charge is -2.11. The van der Waals surface area contributed by atoms with Gasteiger partial charge in [0.05, 0.1) is 24.2 Å². The van der Waals surface area contributed by atoms with E-state index in [-0.39, 0.29) is 0 Å². The summed E-state index contributed by atoms with van der Waals surface area (Å²) in [5.74, 6) is 0. The van der Waals surface area contributed by atoms with E-state index >= 15 is 0 Å². The van der Waals surface area contributed by atoms with Crippen LogP contribution < -0.4 is 5.32 Å². The molecule has 0 aromatic carbocycles. The average Bonchev–Trinajstić information content (AvgIpc) is 2.86. The second kappa shape index (κ2) is 5.65. The number of ether oxygens (including phenoxy) is 1. The first-order valence-corrected chi connectivity index (χ1v) is 6.53. The van der Waals surface area contributed by atoms with Crippen LogP contribution in [0.15, 0.2) is 12.5 Å². The van der Waals surface area contributed by atoms with Gasteiger partial charge in [0.15, 0.2) is 0 Å². The molecule has 1 saturated heterocycles. The smallest absolute Gasteiger partial charge is 0.0950 e. The van der Waals surface area contributed by atoms with E-state index in [0.29, 0.717) is 18.2 Å². The van der Waals surface area contributed by atoms with Crippen LogP contribution in [0.25, 0.3) is 0 Å². The van der Waals surface area contributed by atoms with Gasteiger partial charge in [0.2, 0.25) is 0 Å². The molecule has 1 fully saturated rings. The molecule has 96 valence electrons. The molecule has 1 N–H and O–H groups in total. The maximum atomic E-state index is 5.81. The third kappa shape index (κ3) is 3.82. The van der Waals surface area contributed by atoms with E-state index < -0.39 is 0 Å². The second-order valence-electron chi connectivity index (χ2n) is 5.24. The van der Waals surface area contributed by atoms with Crippen molar-refractivity contribution < 1.29 is 4.74 Å². The molecule has 2 unspecified atom stereocenters. The van der Waals surface area contributed by atoms with Crippen molar-refractivity contribution in [3.8, 4) is 0 Å². The van der Waals surface area contributed by atoms with Crippen molar-refractivity contribution in [2.24, 2.45) is 0 Å². The number of hydrogen-bond donors (Lipinski definition) is 1. The summed E-state index contributed by atoms with van der Waals surface area (Å²) in [5, 5.41) is 3.37. The number of nitrogens with zero attached hydrogens (tertiary/aromatic N) is 2. The quantitative estimate of drug-likeness (QED) is 0.850. The van der Waals surface area contributed by atoms with Crippen LogP contribution >= 0.6 is 0 Å². The normalized spacial score (nSPS) is 24.7. The zero-order chi connectivity index (χ0) is 12.3. The molecule has 2 rings (SSSR count). The maximum Gasteiger partial charge on any atom is 0.0950 e. The molecule has 4 nitrogen and oxygen atoms in total. The van der Waals surface area contributed by atoms with Gasteiger partial charge in [-0.1, -0.05) is 13.8 Å². The molecule has 0 spiro atoms. The van der Waals surface area contributed by atoms with Crippen molar-refractivity contribution >= 4 is 0 Å². The molecule has 2 heterocycles. The fourth-order valence-electron chi connectivity index (χ4n) is 2.16. The molecular weight excluding hydrogens is 214 g/mol. The van der Waals surface area contributed by atoms with Gasteiger partial charge < -0.3 is 14.6 Å². The summed E-state index contributed by atoms with van der Waals surface area (Å²) >= 11 is 0. The van der Waals surface area contributed by atoms with E-state index in [1.54, 1.807) is 0 Å². The first-order valence-electron chi connectivity index (χ1n) is 6.53. The monoisotopic (exact) mass is 237 g/mol. The maximum absolute atomic E-state index is 5.81. The molecule has 1 aliphatic rings. The van der Waals surface area contributed by atoms with Crippen LogP contribution in [0.5, 0.6) is 0 Å². The van der Waals surface area contributed by atoms with E-state index in [1.807, 2.05) is 6.33 Å². The largest absolute Gasteiger partial charge is 0.373 e. The standard InChI is InChI=1S/C13H23N3O/c1-10(2)14-6-12-7-16(9-15-12)8-13-5-4-11(3)17-13/h7,9-11,13-14H,4-6,8H2,1-3H3. The summed E-state index contributed by atoms with van der Waals surface area (Å²) in [4.78, 5) is 4.39. The number of imidazole rings is 1. The third-order valence-corrected chi connectivity index (χ3v) is 3.11. The minimum absolute atomic E-state index is 0.366. The number of aromatic nitrogens is 2. The molecule has 0 radical (unpaired) electrons. The van der Waals surface area contributed by atoms with Gasteiger partial charge in [-0.3, -0.25) is 0 Å². The summed E-state index contributed by atoms with van der Waals surface area (Å²) in [6.07, 6.45) is 7.15. The second-order valence-corrected chi connectivity index (χ2v) is 5.24. The zero-order valence-electron chi connectivity index (χ0n) is 11.0. The molecular formula is C13H23N3O. The molecule has 0 bridgehead atoms. The SMILES string of the molecule is CC(C)NCc1cn(CC2CCC(C)O2)cn1. The minimum Gasteiger partial charge on any atom is -0.373 e. The third-order valence-electron chi connectivity index (χ3n) is 3.11. The van der Waals surface area contributed by atoms with E-state index in [9.17, 15) is 0 Å². The Bertz CT molecular complexity index is 348. The summed E-state index contributed by atoms with van der Waals surface area (Å²) in [5.41, 5.74) is 1.10. The van der Waals surface area contributed by atoms with E-state index in [0.717, 1.165) is 18.8 Å². The summed E-state index contributed by atoms with van der Waals surface area (Å²) in [6.45, 7) is 8.20. The lowest BCUT2D eigenvalue weighted by atomic mass is 10.2. The van der Waals surface area contributed by atoms with Crippen LogP contribution in [0.3, 0.4) is 0 Å². The van der Waals surface area contributed by atoms with Gasteiger partial charge in [-0.15, -0.1) is 0 Å². The van der Waals surface area contributed by atoms with Crippen molar-refractivity contribution in [2.45, 2.75) is 65.0 Å². The average molecular weight is 237 g/mol. The predicted octanol–water partition coefficient (Wildman–Crippen LogP) is 1.95. The van der Waals surface area contributed by atoms with Crippen molar-refractivity contribution in [1.29, 1.82) is 0 Å². The van der Waals surface area contributed by atoms with Gasteiger partial charge in [-0.2, -0.15) is 0 Å². The predicted molar refractivity (Wildman–Crippen MR) is 67.8 cm³/mol. The Morgan fingerprint density at radius 3 is 3.00 bits per heavy atom. The van der Waals surface area contributed by atoms with Crippen LogP contribution in [0.2, 0.25) is 0 Å². The van der Waals surface area contributed by atoms with E-state index in [2.05, 4.69) is 41.8 Å².